The molecular formula is C19H25N3O3S2. The Morgan fingerprint density at radius 3 is 2.81 bits per heavy atom. The van der Waals surface area contributed by atoms with Gasteiger partial charge in [-0.2, -0.15) is 0 Å². The summed E-state index contributed by atoms with van der Waals surface area (Å²) in [5.74, 6) is 0.680. The zero-order valence-electron chi connectivity index (χ0n) is 16.2. The summed E-state index contributed by atoms with van der Waals surface area (Å²) < 4.78 is 5.12. The first kappa shape index (κ1) is 20.1. The van der Waals surface area contributed by atoms with Crippen molar-refractivity contribution in [3.8, 4) is 0 Å². The molecule has 8 heteroatoms. The quantitative estimate of drug-likeness (QED) is 0.429. The number of carbonyl (C=O) groups is 2. The van der Waals surface area contributed by atoms with Gasteiger partial charge in [0.05, 0.1) is 18.3 Å². The standard InChI is InChI=1S/C19H25N3O3S2/c1-5-25-19(24)14-7-6-8-22(9-14)15(23)10-26-17-16-11(2)12(3)27-18(16)21-13(4)20-17/h14H,5-10H2,1-4H3/t14-/m1/s1. The fourth-order valence-corrected chi connectivity index (χ4v) is 5.47. The van der Waals surface area contributed by atoms with E-state index in [4.69, 9.17) is 4.74 Å². The van der Waals surface area contributed by atoms with Crippen molar-refractivity contribution >= 4 is 45.2 Å². The zero-order chi connectivity index (χ0) is 19.6. The van der Waals surface area contributed by atoms with Crippen LogP contribution in [0.2, 0.25) is 0 Å². The molecule has 1 aliphatic heterocycles. The van der Waals surface area contributed by atoms with Gasteiger partial charge in [0, 0.05) is 23.4 Å². The maximum absolute atomic E-state index is 12.7. The minimum atomic E-state index is -0.206. The minimum Gasteiger partial charge on any atom is -0.466 e. The minimum absolute atomic E-state index is 0.0445. The van der Waals surface area contributed by atoms with Crippen LogP contribution >= 0.6 is 23.1 Å². The predicted octanol–water partition coefficient (Wildman–Crippen LogP) is 3.51. The summed E-state index contributed by atoms with van der Waals surface area (Å²) in [6, 6.07) is 0. The molecule has 146 valence electrons. The van der Waals surface area contributed by atoms with Gasteiger partial charge >= 0.3 is 5.97 Å². The molecule has 0 aromatic carbocycles. The summed E-state index contributed by atoms with van der Waals surface area (Å²) in [5, 5.41) is 1.93. The van der Waals surface area contributed by atoms with E-state index in [1.807, 2.05) is 6.92 Å². The molecule has 2 aromatic rings. The lowest BCUT2D eigenvalue weighted by Crippen LogP contribution is -2.43. The van der Waals surface area contributed by atoms with E-state index in [9.17, 15) is 9.59 Å². The van der Waals surface area contributed by atoms with Gasteiger partial charge in [-0.3, -0.25) is 9.59 Å². The highest BCUT2D eigenvalue weighted by Gasteiger charge is 2.29. The first-order valence-electron chi connectivity index (χ1n) is 9.22. The average molecular weight is 408 g/mol. The molecule has 0 aliphatic carbocycles. The van der Waals surface area contributed by atoms with Crippen LogP contribution in [0, 0.1) is 26.7 Å². The molecule has 0 N–H and O–H groups in total. The molecule has 3 heterocycles. The second kappa shape index (κ2) is 8.56. The third kappa shape index (κ3) is 4.43. The molecule has 0 spiro atoms. The van der Waals surface area contributed by atoms with Gasteiger partial charge in [-0.1, -0.05) is 11.8 Å². The van der Waals surface area contributed by atoms with E-state index >= 15 is 0 Å². The maximum atomic E-state index is 12.7. The number of hydrogen-bond donors (Lipinski definition) is 0. The average Bonchev–Trinajstić information content (AvgIpc) is 2.93. The largest absolute Gasteiger partial charge is 0.466 e. The molecule has 0 radical (unpaired) electrons. The molecule has 6 nitrogen and oxygen atoms in total. The Morgan fingerprint density at radius 1 is 1.30 bits per heavy atom. The number of thiophene rings is 1. The number of esters is 1. The number of likely N-dealkylation sites (tertiary alicyclic amines) is 1. The number of rotatable bonds is 5. The van der Waals surface area contributed by atoms with Crippen LogP contribution in [0.4, 0.5) is 0 Å². The fraction of sp³-hybridized carbons (Fsp3) is 0.579. The number of ether oxygens (including phenoxy) is 1. The van der Waals surface area contributed by atoms with Crippen LogP contribution in [0.1, 0.15) is 36.0 Å². The molecule has 1 saturated heterocycles. The van der Waals surface area contributed by atoms with Crippen LogP contribution in [0.5, 0.6) is 0 Å². The van der Waals surface area contributed by atoms with Crippen LogP contribution < -0.4 is 0 Å². The van der Waals surface area contributed by atoms with Crippen LogP contribution in [0.3, 0.4) is 0 Å². The van der Waals surface area contributed by atoms with Gasteiger partial charge < -0.3 is 9.64 Å². The maximum Gasteiger partial charge on any atom is 0.310 e. The summed E-state index contributed by atoms with van der Waals surface area (Å²) in [5.41, 5.74) is 1.19. The topological polar surface area (TPSA) is 72.4 Å². The number of carbonyl (C=O) groups excluding carboxylic acids is 2. The number of nitrogens with zero attached hydrogens (tertiary/aromatic N) is 3. The summed E-state index contributed by atoms with van der Waals surface area (Å²) in [7, 11) is 0. The predicted molar refractivity (Wildman–Crippen MR) is 108 cm³/mol. The van der Waals surface area contributed by atoms with Crippen molar-refractivity contribution < 1.29 is 14.3 Å². The van der Waals surface area contributed by atoms with Crippen LogP contribution in [-0.4, -0.2) is 52.2 Å². The monoisotopic (exact) mass is 407 g/mol. The van der Waals surface area contributed by atoms with Crippen molar-refractivity contribution in [3.05, 3.63) is 16.3 Å². The number of aryl methyl sites for hydroxylation is 3. The van der Waals surface area contributed by atoms with Gasteiger partial charge in [0.1, 0.15) is 15.7 Å². The molecule has 0 bridgehead atoms. The Balaban J connectivity index is 1.69. The van der Waals surface area contributed by atoms with Crippen LogP contribution in [0.15, 0.2) is 5.03 Å². The summed E-state index contributed by atoms with van der Waals surface area (Å²) in [4.78, 5) is 37.8. The highest BCUT2D eigenvalue weighted by molar-refractivity contribution is 8.00. The fourth-order valence-electron chi connectivity index (χ4n) is 3.30. The van der Waals surface area contributed by atoms with Gasteiger partial charge in [0.25, 0.3) is 0 Å². The van der Waals surface area contributed by atoms with Crippen molar-refractivity contribution in [2.45, 2.75) is 45.6 Å². The van der Waals surface area contributed by atoms with E-state index < -0.39 is 0 Å². The molecule has 27 heavy (non-hydrogen) atoms. The molecular weight excluding hydrogens is 382 g/mol. The molecule has 0 saturated carbocycles. The van der Waals surface area contributed by atoms with Crippen LogP contribution in [-0.2, 0) is 14.3 Å². The van der Waals surface area contributed by atoms with Gasteiger partial charge in [-0.25, -0.2) is 9.97 Å². The smallest absolute Gasteiger partial charge is 0.310 e. The third-order valence-electron chi connectivity index (χ3n) is 4.83. The van der Waals surface area contributed by atoms with Crippen LogP contribution in [0.25, 0.3) is 10.2 Å². The normalized spacial score (nSPS) is 17.3. The SMILES string of the molecule is CCOC(=O)[C@@H]1CCCN(C(=O)CSc2nc(C)nc3sc(C)c(C)c23)C1. The van der Waals surface area contributed by atoms with Crippen molar-refractivity contribution in [3.63, 3.8) is 0 Å². The Hall–Kier alpha value is -1.67. The summed E-state index contributed by atoms with van der Waals surface area (Å²) in [6.45, 7) is 9.37. The lowest BCUT2D eigenvalue weighted by Gasteiger charge is -2.31. The van der Waals surface area contributed by atoms with Crippen molar-refractivity contribution in [2.75, 3.05) is 25.4 Å². The van der Waals surface area contributed by atoms with E-state index in [-0.39, 0.29) is 17.8 Å². The lowest BCUT2D eigenvalue weighted by molar-refractivity contribution is -0.151. The zero-order valence-corrected chi connectivity index (χ0v) is 17.8. The van der Waals surface area contributed by atoms with Crippen molar-refractivity contribution in [1.82, 2.24) is 14.9 Å². The van der Waals surface area contributed by atoms with Gasteiger partial charge in [-0.15, -0.1) is 11.3 Å². The number of fused-ring (bicyclic) bond motifs is 1. The Labute approximate surface area is 167 Å². The Kier molecular flexibility index (Phi) is 6.37. The van der Waals surface area contributed by atoms with Crippen molar-refractivity contribution in [2.24, 2.45) is 5.92 Å². The molecule has 2 aromatic heterocycles. The molecule has 1 fully saturated rings. The number of thioether (sulfide) groups is 1. The van der Waals surface area contributed by atoms with Crippen molar-refractivity contribution in [1.29, 1.82) is 0 Å². The number of piperidine rings is 1. The highest BCUT2D eigenvalue weighted by Crippen LogP contribution is 2.35. The van der Waals surface area contributed by atoms with Gasteiger partial charge in [0.15, 0.2) is 0 Å². The molecule has 3 rings (SSSR count). The first-order valence-corrected chi connectivity index (χ1v) is 11.0. The number of amides is 1. The molecule has 1 atom stereocenters. The first-order chi connectivity index (χ1) is 12.9. The Morgan fingerprint density at radius 2 is 2.07 bits per heavy atom. The number of hydrogen-bond acceptors (Lipinski definition) is 7. The highest BCUT2D eigenvalue weighted by atomic mass is 32.2. The number of aromatic nitrogens is 2. The second-order valence-corrected chi connectivity index (χ2v) is 8.93. The third-order valence-corrected chi connectivity index (χ3v) is 6.89. The molecule has 0 unspecified atom stereocenters. The Bertz CT molecular complexity index is 865. The molecule has 1 aliphatic rings. The lowest BCUT2D eigenvalue weighted by atomic mass is 9.98. The van der Waals surface area contributed by atoms with E-state index in [0.29, 0.717) is 25.4 Å². The van der Waals surface area contributed by atoms with E-state index in [1.54, 1.807) is 23.2 Å². The summed E-state index contributed by atoms with van der Waals surface area (Å²) >= 11 is 3.13. The van der Waals surface area contributed by atoms with Gasteiger partial charge in [0.2, 0.25) is 5.91 Å². The summed E-state index contributed by atoms with van der Waals surface area (Å²) in [6.07, 6.45) is 1.62. The van der Waals surface area contributed by atoms with E-state index in [0.717, 1.165) is 33.9 Å². The van der Waals surface area contributed by atoms with E-state index in [2.05, 4.69) is 23.8 Å². The van der Waals surface area contributed by atoms with E-state index in [1.165, 1.54) is 22.2 Å². The molecule has 1 amide bonds. The van der Waals surface area contributed by atoms with Gasteiger partial charge in [-0.05, 0) is 46.1 Å². The second-order valence-electron chi connectivity index (χ2n) is 6.76.